The second-order valence-electron chi connectivity index (χ2n) is 3.26. The average Bonchev–Trinajstić information content (AvgIpc) is 2.52. The number of rotatable bonds is 1. The molecule has 1 heterocycles. The molecule has 4 nitrogen and oxygen atoms in total. The molecule has 5 heteroatoms. The highest BCUT2D eigenvalue weighted by Crippen LogP contribution is 2.43. The molecular weight excluding hydrogens is 230 g/mol. The molecule has 0 atom stereocenters. The molecule has 0 amide bonds. The third-order valence-corrected chi connectivity index (χ3v) is 2.54. The Bertz CT molecular complexity index is 454. The molecule has 1 aromatic rings. The van der Waals surface area contributed by atoms with Crippen molar-refractivity contribution in [2.75, 3.05) is 20.3 Å². The van der Waals surface area contributed by atoms with Crippen molar-refractivity contribution in [3.8, 4) is 23.3 Å². The Morgan fingerprint density at radius 1 is 1.44 bits per heavy atom. The van der Waals surface area contributed by atoms with Crippen LogP contribution in [-0.4, -0.2) is 20.3 Å². The predicted molar refractivity (Wildman–Crippen MR) is 58.3 cm³/mol. The number of hydrogen-bond donors (Lipinski definition) is 0. The van der Waals surface area contributed by atoms with E-state index in [0.29, 0.717) is 35.5 Å². The highest BCUT2D eigenvalue weighted by Gasteiger charge is 2.22. The van der Waals surface area contributed by atoms with E-state index in [-0.39, 0.29) is 5.56 Å². The van der Waals surface area contributed by atoms with E-state index in [1.54, 1.807) is 6.07 Å². The number of halogens is 1. The molecule has 1 aliphatic rings. The first kappa shape index (κ1) is 10.9. The SMILES string of the molecule is COc1c(Cl)cc2c(c1C#N)OCCCO2. The number of benzene rings is 1. The van der Waals surface area contributed by atoms with Gasteiger partial charge in [-0.3, -0.25) is 0 Å². The third-order valence-electron chi connectivity index (χ3n) is 2.26. The number of hydrogen-bond acceptors (Lipinski definition) is 4. The predicted octanol–water partition coefficient (Wildman–Crippen LogP) is 2.38. The van der Waals surface area contributed by atoms with Gasteiger partial charge in [-0.15, -0.1) is 0 Å². The third kappa shape index (κ3) is 1.74. The van der Waals surface area contributed by atoms with Crippen molar-refractivity contribution >= 4 is 11.6 Å². The monoisotopic (exact) mass is 239 g/mol. The Balaban J connectivity index is 2.62. The van der Waals surface area contributed by atoms with E-state index >= 15 is 0 Å². The van der Waals surface area contributed by atoms with Crippen LogP contribution in [0.1, 0.15) is 12.0 Å². The van der Waals surface area contributed by atoms with Gasteiger partial charge in [0, 0.05) is 12.5 Å². The molecule has 0 unspecified atom stereocenters. The van der Waals surface area contributed by atoms with E-state index in [4.69, 9.17) is 31.1 Å². The van der Waals surface area contributed by atoms with Crippen LogP contribution in [0.5, 0.6) is 17.2 Å². The van der Waals surface area contributed by atoms with Crippen molar-refractivity contribution in [2.24, 2.45) is 0 Å². The maximum absolute atomic E-state index is 9.10. The summed E-state index contributed by atoms with van der Waals surface area (Å²) >= 11 is 5.99. The zero-order valence-electron chi connectivity index (χ0n) is 8.75. The number of fused-ring (bicyclic) bond motifs is 1. The van der Waals surface area contributed by atoms with Crippen LogP contribution in [0.2, 0.25) is 5.02 Å². The smallest absolute Gasteiger partial charge is 0.182 e. The summed E-state index contributed by atoms with van der Waals surface area (Å²) < 4.78 is 16.0. The summed E-state index contributed by atoms with van der Waals surface area (Å²) in [5.41, 5.74) is 0.284. The van der Waals surface area contributed by atoms with Gasteiger partial charge in [0.15, 0.2) is 17.2 Å². The number of ether oxygens (including phenoxy) is 3. The summed E-state index contributed by atoms with van der Waals surface area (Å²) in [4.78, 5) is 0. The zero-order chi connectivity index (χ0) is 11.5. The first-order chi connectivity index (χ1) is 7.77. The van der Waals surface area contributed by atoms with Crippen LogP contribution in [0, 0.1) is 11.3 Å². The molecule has 0 fully saturated rings. The lowest BCUT2D eigenvalue weighted by atomic mass is 10.1. The van der Waals surface area contributed by atoms with Gasteiger partial charge in [0.2, 0.25) is 0 Å². The van der Waals surface area contributed by atoms with Gasteiger partial charge < -0.3 is 14.2 Å². The Hall–Kier alpha value is -1.60. The van der Waals surface area contributed by atoms with Crippen LogP contribution < -0.4 is 14.2 Å². The Morgan fingerprint density at radius 3 is 2.88 bits per heavy atom. The van der Waals surface area contributed by atoms with Crippen molar-refractivity contribution < 1.29 is 14.2 Å². The number of methoxy groups -OCH3 is 1. The minimum Gasteiger partial charge on any atom is -0.494 e. The van der Waals surface area contributed by atoms with Crippen molar-refractivity contribution in [1.29, 1.82) is 5.26 Å². The molecule has 0 saturated carbocycles. The maximum atomic E-state index is 9.10. The van der Waals surface area contributed by atoms with Crippen LogP contribution in [-0.2, 0) is 0 Å². The van der Waals surface area contributed by atoms with Gasteiger partial charge in [0.05, 0.1) is 25.3 Å². The van der Waals surface area contributed by atoms with E-state index in [9.17, 15) is 0 Å². The molecule has 0 saturated heterocycles. The quantitative estimate of drug-likeness (QED) is 0.755. The second kappa shape index (κ2) is 4.50. The van der Waals surface area contributed by atoms with Crippen LogP contribution in [0.4, 0.5) is 0 Å². The van der Waals surface area contributed by atoms with Crippen molar-refractivity contribution in [3.63, 3.8) is 0 Å². The molecule has 0 radical (unpaired) electrons. The Kier molecular flexibility index (Phi) is 3.07. The highest BCUT2D eigenvalue weighted by atomic mass is 35.5. The maximum Gasteiger partial charge on any atom is 0.182 e. The van der Waals surface area contributed by atoms with Crippen molar-refractivity contribution in [3.05, 3.63) is 16.7 Å². The average molecular weight is 240 g/mol. The summed E-state index contributed by atoms with van der Waals surface area (Å²) in [6, 6.07) is 3.64. The minimum absolute atomic E-state index is 0.284. The fourth-order valence-corrected chi connectivity index (χ4v) is 1.83. The topological polar surface area (TPSA) is 51.5 Å². The van der Waals surface area contributed by atoms with E-state index in [1.807, 2.05) is 6.07 Å². The van der Waals surface area contributed by atoms with Crippen LogP contribution in [0.3, 0.4) is 0 Å². The second-order valence-corrected chi connectivity index (χ2v) is 3.66. The van der Waals surface area contributed by atoms with Crippen molar-refractivity contribution in [1.82, 2.24) is 0 Å². The number of nitrogens with zero attached hydrogens (tertiary/aromatic N) is 1. The normalized spacial score (nSPS) is 13.8. The van der Waals surface area contributed by atoms with E-state index in [0.717, 1.165) is 6.42 Å². The molecule has 0 spiro atoms. The van der Waals surface area contributed by atoms with E-state index in [1.165, 1.54) is 7.11 Å². The van der Waals surface area contributed by atoms with Gasteiger partial charge in [0.1, 0.15) is 11.6 Å². The fraction of sp³-hybridized carbons (Fsp3) is 0.364. The molecule has 2 rings (SSSR count). The summed E-state index contributed by atoms with van der Waals surface area (Å²) in [7, 11) is 1.46. The van der Waals surface area contributed by atoms with Crippen LogP contribution in [0.25, 0.3) is 0 Å². The van der Waals surface area contributed by atoms with Gasteiger partial charge in [-0.05, 0) is 0 Å². The molecule has 0 aliphatic carbocycles. The Labute approximate surface area is 98.3 Å². The Morgan fingerprint density at radius 2 is 2.19 bits per heavy atom. The first-order valence-electron chi connectivity index (χ1n) is 4.84. The molecule has 16 heavy (non-hydrogen) atoms. The van der Waals surface area contributed by atoms with Crippen LogP contribution in [0.15, 0.2) is 6.07 Å². The largest absolute Gasteiger partial charge is 0.494 e. The lowest BCUT2D eigenvalue weighted by molar-refractivity contribution is 0.296. The fourth-order valence-electron chi connectivity index (χ4n) is 1.56. The standard InChI is InChI=1S/C11H10ClNO3/c1-14-10-7(6-13)11-9(5-8(10)12)15-3-2-4-16-11/h5H,2-4H2,1H3. The van der Waals surface area contributed by atoms with Gasteiger partial charge in [-0.1, -0.05) is 11.6 Å². The number of nitriles is 1. The molecular formula is C11H10ClNO3. The van der Waals surface area contributed by atoms with Gasteiger partial charge in [-0.25, -0.2) is 0 Å². The highest BCUT2D eigenvalue weighted by molar-refractivity contribution is 6.32. The summed E-state index contributed by atoms with van der Waals surface area (Å²) in [6.07, 6.45) is 0.777. The molecule has 0 N–H and O–H groups in total. The zero-order valence-corrected chi connectivity index (χ0v) is 9.50. The van der Waals surface area contributed by atoms with Gasteiger partial charge >= 0.3 is 0 Å². The van der Waals surface area contributed by atoms with E-state index < -0.39 is 0 Å². The van der Waals surface area contributed by atoms with E-state index in [2.05, 4.69) is 0 Å². The summed E-state index contributed by atoms with van der Waals surface area (Å²) in [5.74, 6) is 1.24. The summed E-state index contributed by atoms with van der Waals surface area (Å²) in [6.45, 7) is 1.08. The first-order valence-corrected chi connectivity index (χ1v) is 5.22. The summed E-state index contributed by atoms with van der Waals surface area (Å²) in [5, 5.41) is 9.45. The molecule has 0 bridgehead atoms. The molecule has 1 aliphatic heterocycles. The lowest BCUT2D eigenvalue weighted by Gasteiger charge is -2.13. The molecule has 84 valence electrons. The van der Waals surface area contributed by atoms with Gasteiger partial charge in [-0.2, -0.15) is 5.26 Å². The molecule has 1 aromatic carbocycles. The van der Waals surface area contributed by atoms with Crippen molar-refractivity contribution in [2.45, 2.75) is 6.42 Å². The minimum atomic E-state index is 0.284. The van der Waals surface area contributed by atoms with Crippen LogP contribution >= 0.6 is 11.6 Å². The lowest BCUT2D eigenvalue weighted by Crippen LogP contribution is -1.99. The van der Waals surface area contributed by atoms with Gasteiger partial charge in [0.25, 0.3) is 0 Å². The molecule has 0 aromatic heterocycles.